The van der Waals surface area contributed by atoms with Crippen molar-refractivity contribution in [2.24, 2.45) is 0 Å². The molecule has 0 atom stereocenters. The maximum Gasteiger partial charge on any atom is 0.436 e. The van der Waals surface area contributed by atoms with Crippen LogP contribution in [0.1, 0.15) is 46.4 Å². The first-order chi connectivity index (χ1) is 17.6. The van der Waals surface area contributed by atoms with Gasteiger partial charge in [0.15, 0.2) is 5.82 Å². The molecular formula is C25H23N5O6S. The molecule has 0 saturated carbocycles. The van der Waals surface area contributed by atoms with Crippen molar-refractivity contribution in [1.29, 1.82) is 0 Å². The summed E-state index contributed by atoms with van der Waals surface area (Å²) in [5.41, 5.74) is -0.344. The lowest BCUT2D eigenvalue weighted by atomic mass is 9.94. The molecule has 4 rings (SSSR count). The van der Waals surface area contributed by atoms with Crippen molar-refractivity contribution >= 4 is 51.0 Å². The summed E-state index contributed by atoms with van der Waals surface area (Å²) in [7, 11) is 0. The number of ether oxygens (including phenoxy) is 1. The molecule has 4 aromatic rings. The Morgan fingerprint density at radius 1 is 1.08 bits per heavy atom. The summed E-state index contributed by atoms with van der Waals surface area (Å²) < 4.78 is 6.02. The van der Waals surface area contributed by atoms with Gasteiger partial charge in [0, 0.05) is 6.07 Å². The van der Waals surface area contributed by atoms with Crippen LogP contribution in [0.25, 0.3) is 10.2 Å². The Balaban J connectivity index is 1.70. The lowest BCUT2D eigenvalue weighted by Crippen LogP contribution is -2.40. The van der Waals surface area contributed by atoms with Gasteiger partial charge < -0.3 is 15.4 Å². The monoisotopic (exact) mass is 521 g/mol. The van der Waals surface area contributed by atoms with E-state index in [2.05, 4.69) is 15.7 Å². The third-order valence-electron chi connectivity index (χ3n) is 5.52. The first-order valence-corrected chi connectivity index (χ1v) is 12.1. The molecule has 12 heteroatoms. The second kappa shape index (κ2) is 10.2. The minimum absolute atomic E-state index is 0.0381. The first kappa shape index (κ1) is 25.5. The molecule has 2 heterocycles. The number of para-hydroxylation sites is 1. The summed E-state index contributed by atoms with van der Waals surface area (Å²) in [4.78, 5) is 49.9. The maximum absolute atomic E-state index is 13.2. The Morgan fingerprint density at radius 2 is 1.76 bits per heavy atom. The van der Waals surface area contributed by atoms with Crippen LogP contribution in [0.4, 0.5) is 16.3 Å². The largest absolute Gasteiger partial charge is 0.448 e. The summed E-state index contributed by atoms with van der Waals surface area (Å²) in [6, 6.07) is 16.4. The zero-order valence-electron chi connectivity index (χ0n) is 20.2. The van der Waals surface area contributed by atoms with E-state index in [9.17, 15) is 24.5 Å². The van der Waals surface area contributed by atoms with Crippen LogP contribution < -0.4 is 10.6 Å². The van der Waals surface area contributed by atoms with Crippen LogP contribution in [0.2, 0.25) is 0 Å². The van der Waals surface area contributed by atoms with Gasteiger partial charge in [0.2, 0.25) is 0 Å². The van der Waals surface area contributed by atoms with Gasteiger partial charge in [-0.1, -0.05) is 42.5 Å². The number of fused-ring (bicyclic) bond motifs is 1. The average Bonchev–Trinajstić information content (AvgIpc) is 3.45. The SMILES string of the molecule is CCOC(=O)n1nc(NC(=O)c2ccccc2[N+](=O)[O-])c2cc(C(=O)NC(C)(C)c3ccccc3)sc21. The predicted molar refractivity (Wildman–Crippen MR) is 138 cm³/mol. The Hall–Kier alpha value is -4.58. The van der Waals surface area contributed by atoms with Crippen LogP contribution >= 0.6 is 11.3 Å². The molecule has 0 aliphatic heterocycles. The van der Waals surface area contributed by atoms with Gasteiger partial charge in [-0.2, -0.15) is 4.68 Å². The van der Waals surface area contributed by atoms with Crippen LogP contribution in [0.15, 0.2) is 60.7 Å². The minimum atomic E-state index is -0.794. The number of hydrogen-bond donors (Lipinski definition) is 2. The number of carbonyl (C=O) groups excluding carboxylic acids is 3. The molecule has 37 heavy (non-hydrogen) atoms. The number of thiophene rings is 1. The minimum Gasteiger partial charge on any atom is -0.448 e. The van der Waals surface area contributed by atoms with E-state index < -0.39 is 22.5 Å². The lowest BCUT2D eigenvalue weighted by molar-refractivity contribution is -0.385. The molecule has 0 aliphatic rings. The summed E-state index contributed by atoms with van der Waals surface area (Å²) >= 11 is 1.00. The predicted octanol–water partition coefficient (Wildman–Crippen LogP) is 4.93. The van der Waals surface area contributed by atoms with E-state index in [1.54, 1.807) is 6.92 Å². The fourth-order valence-electron chi connectivity index (χ4n) is 3.69. The highest BCUT2D eigenvalue weighted by atomic mass is 32.1. The lowest BCUT2D eigenvalue weighted by Gasteiger charge is -2.26. The van der Waals surface area contributed by atoms with E-state index in [4.69, 9.17) is 4.74 Å². The molecule has 190 valence electrons. The normalized spacial score (nSPS) is 11.2. The number of amides is 2. The number of rotatable bonds is 7. The van der Waals surface area contributed by atoms with E-state index in [1.165, 1.54) is 30.3 Å². The Labute approximate surface area is 215 Å². The van der Waals surface area contributed by atoms with Crippen LogP contribution in [0.5, 0.6) is 0 Å². The molecule has 0 radical (unpaired) electrons. The van der Waals surface area contributed by atoms with Crippen LogP contribution in [0.3, 0.4) is 0 Å². The summed E-state index contributed by atoms with van der Waals surface area (Å²) in [6.07, 6.45) is -0.794. The Bertz CT molecular complexity index is 1510. The molecular weight excluding hydrogens is 498 g/mol. The van der Waals surface area contributed by atoms with Gasteiger partial charge in [0.1, 0.15) is 10.4 Å². The van der Waals surface area contributed by atoms with E-state index in [0.717, 1.165) is 21.6 Å². The number of aromatic nitrogens is 2. The van der Waals surface area contributed by atoms with E-state index in [1.807, 2.05) is 44.2 Å². The molecule has 0 bridgehead atoms. The number of benzene rings is 2. The number of nitro benzene ring substituents is 1. The molecule has 2 aromatic carbocycles. The second-order valence-corrected chi connectivity index (χ2v) is 9.49. The number of nitrogens with one attached hydrogen (secondary N) is 2. The average molecular weight is 522 g/mol. The van der Waals surface area contributed by atoms with Gasteiger partial charge in [-0.3, -0.25) is 19.7 Å². The van der Waals surface area contributed by atoms with E-state index in [0.29, 0.717) is 5.39 Å². The summed E-state index contributed by atoms with van der Waals surface area (Å²) in [6.45, 7) is 5.45. The van der Waals surface area contributed by atoms with Crippen molar-refractivity contribution in [2.75, 3.05) is 11.9 Å². The topological polar surface area (TPSA) is 145 Å². The van der Waals surface area contributed by atoms with Crippen molar-refractivity contribution in [3.05, 3.63) is 86.8 Å². The highest BCUT2D eigenvalue weighted by Crippen LogP contribution is 2.33. The van der Waals surface area contributed by atoms with Gasteiger partial charge in [0.25, 0.3) is 17.5 Å². The Morgan fingerprint density at radius 3 is 2.43 bits per heavy atom. The maximum atomic E-state index is 13.2. The quantitative estimate of drug-likeness (QED) is 0.259. The fourth-order valence-corrected chi connectivity index (χ4v) is 4.69. The van der Waals surface area contributed by atoms with Crippen LogP contribution in [-0.4, -0.2) is 39.2 Å². The number of anilines is 1. The number of nitrogens with zero attached hydrogens (tertiary/aromatic N) is 3. The van der Waals surface area contributed by atoms with Crippen molar-refractivity contribution in [3.63, 3.8) is 0 Å². The van der Waals surface area contributed by atoms with Crippen molar-refractivity contribution in [1.82, 2.24) is 15.1 Å². The molecule has 2 aromatic heterocycles. The highest BCUT2D eigenvalue weighted by molar-refractivity contribution is 7.20. The summed E-state index contributed by atoms with van der Waals surface area (Å²) in [5.74, 6) is -1.21. The van der Waals surface area contributed by atoms with E-state index in [-0.39, 0.29) is 39.3 Å². The number of nitro groups is 1. The third-order valence-corrected chi connectivity index (χ3v) is 6.63. The van der Waals surface area contributed by atoms with Crippen LogP contribution in [0, 0.1) is 10.1 Å². The van der Waals surface area contributed by atoms with Gasteiger partial charge in [-0.05, 0) is 38.5 Å². The zero-order chi connectivity index (χ0) is 26.7. The van der Waals surface area contributed by atoms with E-state index >= 15 is 0 Å². The molecule has 0 fully saturated rings. The number of carbonyl (C=O) groups is 3. The third kappa shape index (κ3) is 5.19. The molecule has 0 spiro atoms. The molecule has 11 nitrogen and oxygen atoms in total. The van der Waals surface area contributed by atoms with Crippen molar-refractivity contribution in [2.45, 2.75) is 26.3 Å². The second-order valence-electron chi connectivity index (χ2n) is 8.46. The van der Waals surface area contributed by atoms with Gasteiger partial charge in [-0.15, -0.1) is 16.4 Å². The zero-order valence-corrected chi connectivity index (χ0v) is 21.0. The number of hydrogen-bond acceptors (Lipinski definition) is 8. The Kier molecular flexibility index (Phi) is 7.02. The van der Waals surface area contributed by atoms with Crippen molar-refractivity contribution < 1.29 is 24.0 Å². The smallest absolute Gasteiger partial charge is 0.436 e. The molecule has 0 saturated heterocycles. The molecule has 2 amide bonds. The standard InChI is InChI=1S/C25H23N5O6S/c1-4-36-24(33)29-23-17(20(28-29)26-21(31)16-12-8-9-13-18(16)30(34)35)14-19(37-23)22(32)27-25(2,3)15-10-6-5-7-11-15/h5-14H,4H2,1-3H3,(H,27,32)(H,26,28,31). The molecule has 0 unspecified atom stereocenters. The molecule has 2 N–H and O–H groups in total. The summed E-state index contributed by atoms with van der Waals surface area (Å²) in [5, 5.41) is 21.3. The molecule has 0 aliphatic carbocycles. The van der Waals surface area contributed by atoms with Gasteiger partial charge in [0.05, 0.1) is 27.3 Å². The fraction of sp³-hybridized carbons (Fsp3) is 0.200. The van der Waals surface area contributed by atoms with Gasteiger partial charge in [-0.25, -0.2) is 4.79 Å². The van der Waals surface area contributed by atoms with Gasteiger partial charge >= 0.3 is 6.09 Å². The van der Waals surface area contributed by atoms with Crippen molar-refractivity contribution in [3.8, 4) is 0 Å². The van der Waals surface area contributed by atoms with Crippen LogP contribution in [-0.2, 0) is 10.3 Å². The highest BCUT2D eigenvalue weighted by Gasteiger charge is 2.28. The first-order valence-electron chi connectivity index (χ1n) is 11.2.